The van der Waals surface area contributed by atoms with E-state index in [1.807, 2.05) is 37.3 Å². The fourth-order valence-corrected chi connectivity index (χ4v) is 3.02. The topological polar surface area (TPSA) is 81.0 Å². The number of pyridine rings is 1. The first kappa shape index (κ1) is 17.7. The van der Waals surface area contributed by atoms with Crippen LogP contribution in [-0.2, 0) is 6.54 Å². The van der Waals surface area contributed by atoms with Crippen LogP contribution in [0.1, 0.15) is 29.5 Å². The summed E-state index contributed by atoms with van der Waals surface area (Å²) < 4.78 is 0. The zero-order valence-electron chi connectivity index (χ0n) is 14.9. The fraction of sp³-hybridized carbons (Fsp3) is 0.350. The second-order valence-corrected chi connectivity index (χ2v) is 6.59. The number of urea groups is 1. The van der Waals surface area contributed by atoms with E-state index in [1.54, 1.807) is 12.3 Å². The molecule has 1 aromatic heterocycles. The lowest BCUT2D eigenvalue weighted by molar-refractivity contribution is 0.234. The van der Waals surface area contributed by atoms with Crippen LogP contribution < -0.4 is 15.5 Å². The molecule has 6 nitrogen and oxygen atoms in total. The first-order valence-electron chi connectivity index (χ1n) is 8.85. The van der Waals surface area contributed by atoms with E-state index >= 15 is 0 Å². The Kier molecular flexibility index (Phi) is 5.69. The Hall–Kier alpha value is -3.07. The van der Waals surface area contributed by atoms with Crippen molar-refractivity contribution in [3.8, 4) is 6.07 Å². The van der Waals surface area contributed by atoms with Gasteiger partial charge in [0.1, 0.15) is 11.9 Å². The quantitative estimate of drug-likeness (QED) is 0.889. The summed E-state index contributed by atoms with van der Waals surface area (Å²) >= 11 is 0. The van der Waals surface area contributed by atoms with E-state index in [2.05, 4.69) is 26.6 Å². The van der Waals surface area contributed by atoms with Crippen LogP contribution in [0.5, 0.6) is 0 Å². The molecule has 0 aliphatic carbocycles. The minimum atomic E-state index is -0.125. The van der Waals surface area contributed by atoms with Crippen molar-refractivity contribution in [2.45, 2.75) is 32.4 Å². The number of carbonyl (C=O) groups excluding carboxylic acids is 1. The van der Waals surface area contributed by atoms with E-state index in [-0.39, 0.29) is 12.1 Å². The maximum atomic E-state index is 12.1. The number of hydrogen-bond acceptors (Lipinski definition) is 4. The van der Waals surface area contributed by atoms with Crippen LogP contribution >= 0.6 is 0 Å². The molecule has 2 heterocycles. The molecule has 1 aliphatic rings. The monoisotopic (exact) mass is 349 g/mol. The lowest BCUT2D eigenvalue weighted by Crippen LogP contribution is -2.48. The van der Waals surface area contributed by atoms with Crippen LogP contribution in [0.4, 0.5) is 10.6 Å². The molecule has 134 valence electrons. The molecular weight excluding hydrogens is 326 g/mol. The molecule has 1 aromatic carbocycles. The number of aromatic nitrogens is 1. The number of nitrogens with one attached hydrogen (secondary N) is 2. The van der Waals surface area contributed by atoms with Crippen LogP contribution in [0.2, 0.25) is 0 Å². The van der Waals surface area contributed by atoms with Gasteiger partial charge in [-0.15, -0.1) is 0 Å². The summed E-state index contributed by atoms with van der Waals surface area (Å²) in [5, 5.41) is 14.8. The number of nitriles is 1. The Morgan fingerprint density at radius 2 is 1.96 bits per heavy atom. The smallest absolute Gasteiger partial charge is 0.315 e. The Morgan fingerprint density at radius 1 is 1.23 bits per heavy atom. The summed E-state index contributed by atoms with van der Waals surface area (Å²) in [7, 11) is 0. The van der Waals surface area contributed by atoms with Crippen molar-refractivity contribution in [2.24, 2.45) is 0 Å². The third kappa shape index (κ3) is 4.73. The predicted molar refractivity (Wildman–Crippen MR) is 101 cm³/mol. The molecule has 2 amide bonds. The van der Waals surface area contributed by atoms with Gasteiger partial charge in [-0.25, -0.2) is 9.78 Å². The highest BCUT2D eigenvalue weighted by atomic mass is 16.2. The van der Waals surface area contributed by atoms with Gasteiger partial charge in [-0.1, -0.05) is 29.8 Å². The van der Waals surface area contributed by atoms with Gasteiger partial charge in [0.2, 0.25) is 0 Å². The van der Waals surface area contributed by atoms with Crippen LogP contribution in [0, 0.1) is 18.3 Å². The third-order valence-corrected chi connectivity index (χ3v) is 4.60. The molecule has 0 unspecified atom stereocenters. The van der Waals surface area contributed by atoms with E-state index in [1.165, 1.54) is 5.56 Å². The number of hydrogen-bond donors (Lipinski definition) is 2. The number of nitrogens with zero attached hydrogens (tertiary/aromatic N) is 3. The molecule has 2 aromatic rings. The standard InChI is InChI=1S/C20H23N5O/c1-15-2-4-16(5-3-15)13-23-20(26)24-18-8-10-25(11-9-18)19-7-6-17(12-21)14-22-19/h2-7,14,18H,8-11,13H2,1H3,(H2,23,24,26). The Balaban J connectivity index is 1.42. The second kappa shape index (κ2) is 8.34. The third-order valence-electron chi connectivity index (χ3n) is 4.60. The number of aryl methyl sites for hydroxylation is 1. The van der Waals surface area contributed by atoms with E-state index < -0.39 is 0 Å². The normalized spacial score (nSPS) is 14.5. The first-order valence-corrected chi connectivity index (χ1v) is 8.85. The molecule has 0 radical (unpaired) electrons. The molecule has 0 atom stereocenters. The fourth-order valence-electron chi connectivity index (χ4n) is 3.02. The zero-order valence-corrected chi connectivity index (χ0v) is 14.9. The molecule has 2 N–H and O–H groups in total. The molecule has 3 rings (SSSR count). The Bertz CT molecular complexity index is 771. The largest absolute Gasteiger partial charge is 0.356 e. The molecule has 6 heteroatoms. The number of carbonyl (C=O) groups is 1. The maximum absolute atomic E-state index is 12.1. The minimum Gasteiger partial charge on any atom is -0.356 e. The lowest BCUT2D eigenvalue weighted by Gasteiger charge is -2.33. The average molecular weight is 349 g/mol. The molecule has 0 saturated carbocycles. The van der Waals surface area contributed by atoms with Crippen molar-refractivity contribution in [3.63, 3.8) is 0 Å². The van der Waals surface area contributed by atoms with Gasteiger partial charge in [0.05, 0.1) is 5.56 Å². The van der Waals surface area contributed by atoms with E-state index in [0.29, 0.717) is 12.1 Å². The van der Waals surface area contributed by atoms with Crippen molar-refractivity contribution in [3.05, 3.63) is 59.3 Å². The average Bonchev–Trinajstić information content (AvgIpc) is 2.68. The van der Waals surface area contributed by atoms with Gasteiger partial charge in [0.15, 0.2) is 0 Å². The first-order chi connectivity index (χ1) is 12.6. The summed E-state index contributed by atoms with van der Waals surface area (Å²) in [6.07, 6.45) is 3.34. The van der Waals surface area contributed by atoms with Crippen LogP contribution in [0.25, 0.3) is 0 Å². The van der Waals surface area contributed by atoms with Crippen molar-refractivity contribution in [1.82, 2.24) is 15.6 Å². The molecule has 1 aliphatic heterocycles. The Labute approximate surface area is 153 Å². The van der Waals surface area contributed by atoms with Gasteiger partial charge in [0.25, 0.3) is 0 Å². The SMILES string of the molecule is Cc1ccc(CNC(=O)NC2CCN(c3ccc(C#N)cn3)CC2)cc1. The number of anilines is 1. The van der Waals surface area contributed by atoms with Crippen molar-refractivity contribution < 1.29 is 4.79 Å². The minimum absolute atomic E-state index is 0.125. The predicted octanol–water partition coefficient (Wildman–Crippen LogP) is 2.73. The molecular formula is C20H23N5O. The second-order valence-electron chi connectivity index (χ2n) is 6.59. The summed E-state index contributed by atoms with van der Waals surface area (Å²) in [4.78, 5) is 18.6. The van der Waals surface area contributed by atoms with Crippen LogP contribution in [0.15, 0.2) is 42.6 Å². The molecule has 1 saturated heterocycles. The van der Waals surface area contributed by atoms with Crippen molar-refractivity contribution >= 4 is 11.8 Å². The molecule has 26 heavy (non-hydrogen) atoms. The number of amides is 2. The Morgan fingerprint density at radius 3 is 2.58 bits per heavy atom. The highest BCUT2D eigenvalue weighted by molar-refractivity contribution is 5.74. The highest BCUT2D eigenvalue weighted by Gasteiger charge is 2.21. The zero-order chi connectivity index (χ0) is 18.4. The summed E-state index contributed by atoms with van der Waals surface area (Å²) in [6.45, 7) is 4.24. The summed E-state index contributed by atoms with van der Waals surface area (Å²) in [5.74, 6) is 0.881. The molecule has 0 spiro atoms. The van der Waals surface area contributed by atoms with Gasteiger partial charge >= 0.3 is 6.03 Å². The maximum Gasteiger partial charge on any atom is 0.315 e. The van der Waals surface area contributed by atoms with Crippen molar-refractivity contribution in [1.29, 1.82) is 5.26 Å². The molecule has 0 bridgehead atoms. The number of rotatable bonds is 4. The van der Waals surface area contributed by atoms with E-state index in [0.717, 1.165) is 37.3 Å². The van der Waals surface area contributed by atoms with Crippen LogP contribution in [-0.4, -0.2) is 30.1 Å². The summed E-state index contributed by atoms with van der Waals surface area (Å²) in [5.41, 5.74) is 2.87. The van der Waals surface area contributed by atoms with Gasteiger partial charge in [0, 0.05) is 31.9 Å². The van der Waals surface area contributed by atoms with Gasteiger partial charge in [-0.3, -0.25) is 0 Å². The summed E-state index contributed by atoms with van der Waals surface area (Å²) in [6, 6.07) is 13.9. The van der Waals surface area contributed by atoms with Gasteiger partial charge in [-0.05, 0) is 37.5 Å². The van der Waals surface area contributed by atoms with Crippen molar-refractivity contribution in [2.75, 3.05) is 18.0 Å². The van der Waals surface area contributed by atoms with Crippen LogP contribution in [0.3, 0.4) is 0 Å². The number of benzene rings is 1. The molecule has 1 fully saturated rings. The van der Waals surface area contributed by atoms with Gasteiger partial charge in [-0.2, -0.15) is 5.26 Å². The van der Waals surface area contributed by atoms with Gasteiger partial charge < -0.3 is 15.5 Å². The number of piperidine rings is 1. The van der Waals surface area contributed by atoms with E-state index in [9.17, 15) is 4.79 Å². The highest BCUT2D eigenvalue weighted by Crippen LogP contribution is 2.18. The lowest BCUT2D eigenvalue weighted by atomic mass is 10.1. The van der Waals surface area contributed by atoms with E-state index in [4.69, 9.17) is 5.26 Å².